The van der Waals surface area contributed by atoms with Crippen molar-refractivity contribution in [3.8, 4) is 0 Å². The van der Waals surface area contributed by atoms with E-state index in [1.165, 1.54) is 0 Å². The molecule has 258 valence electrons. The van der Waals surface area contributed by atoms with Crippen molar-refractivity contribution >= 4 is 17.7 Å². The summed E-state index contributed by atoms with van der Waals surface area (Å²) in [6.07, 6.45) is 0. The molecule has 0 fully saturated rings. The molecule has 0 spiro atoms. The van der Waals surface area contributed by atoms with Gasteiger partial charge in [0.25, 0.3) is 17.7 Å². The van der Waals surface area contributed by atoms with E-state index in [0.29, 0.717) is 0 Å². The van der Waals surface area contributed by atoms with Gasteiger partial charge in [0.2, 0.25) is 0 Å². The largest absolute Gasteiger partial charge is 0.394 e. The van der Waals surface area contributed by atoms with E-state index in [9.17, 15) is 75.7 Å². The summed E-state index contributed by atoms with van der Waals surface area (Å²) in [5.74, 6) is -3.33. The minimum Gasteiger partial charge on any atom is -0.394 e. The highest BCUT2D eigenvalue weighted by Gasteiger charge is 2.36. The molecule has 0 heterocycles. The molecule has 1 aromatic rings. The highest BCUT2D eigenvalue weighted by molar-refractivity contribution is 6.05. The Morgan fingerprint density at radius 2 is 0.489 bits per heavy atom. The Bertz CT molecular complexity index is 863. The normalized spacial score (nSPS) is 11.9. The van der Waals surface area contributed by atoms with Gasteiger partial charge in [-0.3, -0.25) is 14.4 Å². The number of hydrogen-bond donors (Lipinski definition) is 12. The first-order valence-corrected chi connectivity index (χ1v) is 14.0. The summed E-state index contributed by atoms with van der Waals surface area (Å²) < 4.78 is 0. The summed E-state index contributed by atoms with van der Waals surface area (Å²) in [6, 6.07) is -5.46. The van der Waals surface area contributed by atoms with E-state index >= 15 is 0 Å². The van der Waals surface area contributed by atoms with Gasteiger partial charge in [-0.25, -0.2) is 0 Å². The van der Waals surface area contributed by atoms with Crippen LogP contribution in [0, 0.1) is 0 Å². The Morgan fingerprint density at radius 1 is 0.356 bits per heavy atom. The van der Waals surface area contributed by atoms with Gasteiger partial charge in [0.15, 0.2) is 0 Å². The molecular weight excluding hydrogens is 606 g/mol. The summed E-state index contributed by atoms with van der Waals surface area (Å²) in [5, 5.41) is 118. The second-order valence-corrected chi connectivity index (χ2v) is 10.1. The van der Waals surface area contributed by atoms with Crippen LogP contribution in [-0.4, -0.2) is 209 Å². The van der Waals surface area contributed by atoms with Crippen molar-refractivity contribution in [2.24, 2.45) is 0 Å². The van der Waals surface area contributed by atoms with Crippen LogP contribution in [0.2, 0.25) is 0 Å². The minimum atomic E-state index is -1.38. The highest BCUT2D eigenvalue weighted by Crippen LogP contribution is 2.23. The molecule has 1 aromatic carbocycles. The zero-order chi connectivity index (χ0) is 34.3. The molecule has 0 aromatic heterocycles. The standard InChI is InChI=1S/C27H45N3O15/c31-4-19(5-32)28(20(6-33)7-34)25(43)16-1-17(26(44)29(21(8-35)9-36)22(10-37)11-38)3-18(2-16)27(45)30(23(12-39)13-40)24(14-41)15-42/h1-3,19-24,31-42H,4-15H2. The lowest BCUT2D eigenvalue weighted by molar-refractivity contribution is 0.00416. The number of aliphatic hydroxyl groups is 12. The first-order chi connectivity index (χ1) is 21.6. The zero-order valence-electron chi connectivity index (χ0n) is 24.6. The van der Waals surface area contributed by atoms with Crippen molar-refractivity contribution in [3.05, 3.63) is 34.9 Å². The zero-order valence-corrected chi connectivity index (χ0v) is 24.6. The smallest absolute Gasteiger partial charge is 0.254 e. The third-order valence-electron chi connectivity index (χ3n) is 7.27. The van der Waals surface area contributed by atoms with Crippen molar-refractivity contribution in [1.82, 2.24) is 14.7 Å². The third kappa shape index (κ3) is 9.58. The van der Waals surface area contributed by atoms with Crippen molar-refractivity contribution in [2.75, 3.05) is 79.3 Å². The summed E-state index contributed by atoms with van der Waals surface area (Å²) >= 11 is 0. The molecule has 1 rings (SSSR count). The van der Waals surface area contributed by atoms with Crippen LogP contribution in [0.5, 0.6) is 0 Å². The number of amides is 3. The quantitative estimate of drug-likeness (QED) is 0.0588. The highest BCUT2D eigenvalue weighted by atomic mass is 16.3. The van der Waals surface area contributed by atoms with E-state index < -0.39 is 150 Å². The molecule has 0 aliphatic carbocycles. The Labute approximate surface area is 258 Å². The molecule has 0 radical (unpaired) electrons. The molecule has 0 aliphatic rings. The Morgan fingerprint density at radius 3 is 0.600 bits per heavy atom. The number of hydrogen-bond acceptors (Lipinski definition) is 15. The van der Waals surface area contributed by atoms with E-state index in [4.69, 9.17) is 0 Å². The average molecular weight is 652 g/mol. The van der Waals surface area contributed by atoms with E-state index in [-0.39, 0.29) is 0 Å². The van der Waals surface area contributed by atoms with Crippen molar-refractivity contribution in [1.29, 1.82) is 0 Å². The number of rotatable bonds is 21. The molecule has 3 amide bonds. The van der Waals surface area contributed by atoms with Crippen LogP contribution in [0.1, 0.15) is 31.1 Å². The Hall–Kier alpha value is -2.85. The van der Waals surface area contributed by atoms with Crippen LogP contribution < -0.4 is 0 Å². The number of carbonyl (C=O) groups excluding carboxylic acids is 3. The predicted molar refractivity (Wildman–Crippen MR) is 153 cm³/mol. The van der Waals surface area contributed by atoms with E-state index in [2.05, 4.69) is 0 Å². The lowest BCUT2D eigenvalue weighted by Gasteiger charge is -2.37. The molecule has 0 bridgehead atoms. The summed E-state index contributed by atoms with van der Waals surface area (Å²) in [6.45, 7) is -10.0. The lowest BCUT2D eigenvalue weighted by atomic mass is 9.99. The summed E-state index contributed by atoms with van der Waals surface area (Å²) in [5.41, 5.74) is -1.48. The predicted octanol–water partition coefficient (Wildman–Crippen LogP) is -6.87. The van der Waals surface area contributed by atoms with Crippen molar-refractivity contribution < 1.29 is 75.7 Å². The maximum atomic E-state index is 13.8. The van der Waals surface area contributed by atoms with Gasteiger partial charge in [-0.2, -0.15) is 0 Å². The Balaban J connectivity index is 4.12. The van der Waals surface area contributed by atoms with Crippen LogP contribution >= 0.6 is 0 Å². The lowest BCUT2D eigenvalue weighted by Crippen LogP contribution is -2.54. The molecule has 18 heteroatoms. The third-order valence-corrected chi connectivity index (χ3v) is 7.27. The number of nitrogens with zero attached hydrogens (tertiary/aromatic N) is 3. The van der Waals surface area contributed by atoms with E-state index in [1.807, 2.05) is 0 Å². The van der Waals surface area contributed by atoms with Gasteiger partial charge in [-0.05, 0) is 18.2 Å². The summed E-state index contributed by atoms with van der Waals surface area (Å²) in [4.78, 5) is 43.7. The summed E-state index contributed by atoms with van der Waals surface area (Å²) in [7, 11) is 0. The van der Waals surface area contributed by atoms with Gasteiger partial charge in [-0.15, -0.1) is 0 Å². The maximum Gasteiger partial charge on any atom is 0.254 e. The second kappa shape index (κ2) is 20.3. The molecule has 45 heavy (non-hydrogen) atoms. The fraction of sp³-hybridized carbons (Fsp3) is 0.667. The van der Waals surface area contributed by atoms with Gasteiger partial charge < -0.3 is 76.0 Å². The van der Waals surface area contributed by atoms with Crippen molar-refractivity contribution in [2.45, 2.75) is 36.3 Å². The van der Waals surface area contributed by atoms with Gasteiger partial charge in [0.05, 0.1) is 116 Å². The molecule has 0 saturated heterocycles. The first kappa shape index (κ1) is 40.2. The van der Waals surface area contributed by atoms with Gasteiger partial charge in [0.1, 0.15) is 0 Å². The SMILES string of the molecule is O=C(c1cc(C(=O)N(C(CO)CO)C(CO)CO)cc(C(=O)N(C(CO)CO)C(CO)CO)c1)N(C(CO)CO)C(CO)CO. The molecule has 18 nitrogen and oxygen atoms in total. The molecule has 0 unspecified atom stereocenters. The minimum absolute atomic E-state index is 0.494. The number of aliphatic hydroxyl groups excluding tert-OH is 12. The van der Waals surface area contributed by atoms with Crippen molar-refractivity contribution in [3.63, 3.8) is 0 Å². The van der Waals surface area contributed by atoms with Gasteiger partial charge in [-0.1, -0.05) is 0 Å². The number of carbonyl (C=O) groups is 3. The molecular formula is C27H45N3O15. The fourth-order valence-corrected chi connectivity index (χ4v) is 4.74. The van der Waals surface area contributed by atoms with Crippen LogP contribution in [-0.2, 0) is 0 Å². The molecule has 0 aliphatic heterocycles. The van der Waals surface area contributed by atoms with Crippen LogP contribution in [0.3, 0.4) is 0 Å². The van der Waals surface area contributed by atoms with Gasteiger partial charge in [0, 0.05) is 16.7 Å². The molecule has 0 saturated carbocycles. The van der Waals surface area contributed by atoms with E-state index in [0.717, 1.165) is 32.9 Å². The van der Waals surface area contributed by atoms with Crippen LogP contribution in [0.15, 0.2) is 18.2 Å². The van der Waals surface area contributed by atoms with Crippen LogP contribution in [0.4, 0.5) is 0 Å². The maximum absolute atomic E-state index is 13.8. The van der Waals surface area contributed by atoms with Crippen LogP contribution in [0.25, 0.3) is 0 Å². The molecule has 12 N–H and O–H groups in total. The number of benzene rings is 1. The van der Waals surface area contributed by atoms with Gasteiger partial charge >= 0.3 is 0 Å². The fourth-order valence-electron chi connectivity index (χ4n) is 4.74. The van der Waals surface area contributed by atoms with E-state index in [1.54, 1.807) is 0 Å². The molecule has 0 atom stereocenters. The first-order valence-electron chi connectivity index (χ1n) is 14.0. The monoisotopic (exact) mass is 651 g/mol. The average Bonchev–Trinajstić information content (AvgIpc) is 3.07. The second-order valence-electron chi connectivity index (χ2n) is 10.1. The Kier molecular flexibility index (Phi) is 18.1. The topological polar surface area (TPSA) is 304 Å².